The van der Waals surface area contributed by atoms with E-state index in [0.29, 0.717) is 16.7 Å². The number of rotatable bonds is 3. The SMILES string of the molecule is [2H]c1cc(C(F)(F)F)ccc1-c1ccc(C)c2cc(C(=O)NC(C)C)ccc12. The molecule has 0 unspecified atom stereocenters. The number of nitrogens with one attached hydrogen (secondary N) is 1. The Balaban J connectivity index is 2.13. The summed E-state index contributed by atoms with van der Waals surface area (Å²) in [4.78, 5) is 12.3. The zero-order valence-electron chi connectivity index (χ0n) is 16.2. The van der Waals surface area contributed by atoms with E-state index in [1.165, 1.54) is 6.07 Å². The minimum absolute atomic E-state index is 0.00801. The van der Waals surface area contributed by atoms with Crippen molar-refractivity contribution in [3.8, 4) is 11.1 Å². The Morgan fingerprint density at radius 1 is 1.04 bits per heavy atom. The van der Waals surface area contributed by atoms with Crippen LogP contribution >= 0.6 is 0 Å². The zero-order valence-corrected chi connectivity index (χ0v) is 15.2. The van der Waals surface area contributed by atoms with E-state index < -0.39 is 11.7 Å². The number of aryl methyl sites for hydroxylation is 1. The largest absolute Gasteiger partial charge is 0.416 e. The first kappa shape index (κ1) is 17.6. The summed E-state index contributed by atoms with van der Waals surface area (Å²) < 4.78 is 46.8. The van der Waals surface area contributed by atoms with Crippen molar-refractivity contribution >= 4 is 16.7 Å². The molecule has 0 heterocycles. The van der Waals surface area contributed by atoms with Gasteiger partial charge in [-0.05, 0) is 72.5 Å². The molecule has 0 spiro atoms. The molecule has 3 aromatic carbocycles. The van der Waals surface area contributed by atoms with Gasteiger partial charge in [-0.1, -0.05) is 30.3 Å². The van der Waals surface area contributed by atoms with Crippen LogP contribution in [0.3, 0.4) is 0 Å². The Morgan fingerprint density at radius 3 is 2.41 bits per heavy atom. The van der Waals surface area contributed by atoms with E-state index in [-0.39, 0.29) is 18.0 Å². The average molecular weight is 372 g/mol. The smallest absolute Gasteiger partial charge is 0.350 e. The van der Waals surface area contributed by atoms with Crippen molar-refractivity contribution in [1.82, 2.24) is 5.32 Å². The van der Waals surface area contributed by atoms with E-state index in [4.69, 9.17) is 1.37 Å². The van der Waals surface area contributed by atoms with Crippen LogP contribution in [-0.2, 0) is 6.18 Å². The number of alkyl halides is 3. The highest BCUT2D eigenvalue weighted by Crippen LogP contribution is 2.34. The van der Waals surface area contributed by atoms with E-state index in [2.05, 4.69) is 5.32 Å². The first-order chi connectivity index (χ1) is 13.1. The molecule has 2 nitrogen and oxygen atoms in total. The molecule has 0 aliphatic rings. The fourth-order valence-corrected chi connectivity index (χ4v) is 2.98. The highest BCUT2D eigenvalue weighted by molar-refractivity contribution is 6.03. The predicted octanol–water partition coefficient (Wildman–Crippen LogP) is 5.97. The van der Waals surface area contributed by atoms with Gasteiger partial charge in [0.25, 0.3) is 5.91 Å². The summed E-state index contributed by atoms with van der Waals surface area (Å²) in [5.74, 6) is -0.183. The molecule has 1 N–H and O–H groups in total. The second-order valence-electron chi connectivity index (χ2n) is 6.81. The highest BCUT2D eigenvalue weighted by Gasteiger charge is 2.30. The minimum atomic E-state index is -4.48. The monoisotopic (exact) mass is 372 g/mol. The molecule has 0 saturated carbocycles. The molecule has 0 aliphatic heterocycles. The predicted molar refractivity (Wildman–Crippen MR) is 102 cm³/mol. The Kier molecular flexibility index (Phi) is 4.60. The standard InChI is InChI=1S/C22H20F3NO/c1-13(2)26-21(27)16-7-11-19-18(10-4-14(3)20(19)12-16)15-5-8-17(9-6-15)22(23,24)25/h4-13H,1-3H3,(H,26,27)/i5D. The van der Waals surface area contributed by atoms with Gasteiger partial charge in [0.05, 0.1) is 6.93 Å². The van der Waals surface area contributed by atoms with E-state index in [1.807, 2.05) is 26.8 Å². The maximum absolute atomic E-state index is 12.9. The molecule has 1 amide bonds. The third kappa shape index (κ3) is 3.97. The van der Waals surface area contributed by atoms with E-state index >= 15 is 0 Å². The van der Waals surface area contributed by atoms with Gasteiger partial charge in [0.15, 0.2) is 0 Å². The number of hydrogen-bond donors (Lipinski definition) is 1. The van der Waals surface area contributed by atoms with Gasteiger partial charge >= 0.3 is 6.18 Å². The van der Waals surface area contributed by atoms with Crippen molar-refractivity contribution in [3.63, 3.8) is 0 Å². The van der Waals surface area contributed by atoms with Crippen LogP contribution in [0.2, 0.25) is 0 Å². The van der Waals surface area contributed by atoms with Gasteiger partial charge < -0.3 is 5.32 Å². The fourth-order valence-electron chi connectivity index (χ4n) is 2.98. The fraction of sp³-hybridized carbons (Fsp3) is 0.227. The van der Waals surface area contributed by atoms with Crippen LogP contribution in [0.4, 0.5) is 13.2 Å². The number of benzene rings is 3. The topological polar surface area (TPSA) is 29.1 Å². The van der Waals surface area contributed by atoms with Crippen LogP contribution in [0, 0.1) is 6.92 Å². The van der Waals surface area contributed by atoms with Crippen LogP contribution in [0.25, 0.3) is 21.9 Å². The van der Waals surface area contributed by atoms with Gasteiger partial charge in [0, 0.05) is 11.6 Å². The van der Waals surface area contributed by atoms with Crippen molar-refractivity contribution in [3.05, 3.63) is 71.3 Å². The molecule has 3 rings (SSSR count). The molecule has 3 aromatic rings. The number of amides is 1. The minimum Gasteiger partial charge on any atom is -0.350 e. The quantitative estimate of drug-likeness (QED) is 0.603. The number of hydrogen-bond acceptors (Lipinski definition) is 1. The van der Waals surface area contributed by atoms with Gasteiger partial charge in [0.1, 0.15) is 0 Å². The third-order valence-corrected chi connectivity index (χ3v) is 4.35. The highest BCUT2D eigenvalue weighted by atomic mass is 19.4. The summed E-state index contributed by atoms with van der Waals surface area (Å²) in [7, 11) is 0. The molecule has 0 fully saturated rings. The van der Waals surface area contributed by atoms with Crippen LogP contribution in [0.15, 0.2) is 54.6 Å². The second-order valence-corrected chi connectivity index (χ2v) is 6.81. The number of carbonyl (C=O) groups is 1. The lowest BCUT2D eigenvalue weighted by molar-refractivity contribution is -0.137. The Morgan fingerprint density at radius 2 is 1.78 bits per heavy atom. The second kappa shape index (κ2) is 7.06. The molecule has 5 heteroatoms. The molecule has 0 aromatic heterocycles. The van der Waals surface area contributed by atoms with Crippen molar-refractivity contribution in [2.24, 2.45) is 0 Å². The molecule has 0 atom stereocenters. The summed E-state index contributed by atoms with van der Waals surface area (Å²) in [6.07, 6.45) is -4.48. The van der Waals surface area contributed by atoms with E-state index in [0.717, 1.165) is 28.5 Å². The molecular weight excluding hydrogens is 351 g/mol. The molecule has 27 heavy (non-hydrogen) atoms. The van der Waals surface area contributed by atoms with Crippen molar-refractivity contribution in [2.75, 3.05) is 0 Å². The number of carbonyl (C=O) groups excluding carboxylic acids is 1. The number of fused-ring (bicyclic) bond motifs is 1. The summed E-state index contributed by atoms with van der Waals surface area (Å²) in [5.41, 5.74) is 1.69. The van der Waals surface area contributed by atoms with E-state index in [9.17, 15) is 18.0 Å². The first-order valence-corrected chi connectivity index (χ1v) is 8.60. The van der Waals surface area contributed by atoms with Gasteiger partial charge in [-0.3, -0.25) is 4.79 Å². The molecular formula is C22H20F3NO. The van der Waals surface area contributed by atoms with Crippen molar-refractivity contribution < 1.29 is 19.3 Å². The summed E-state index contributed by atoms with van der Waals surface area (Å²) in [5, 5.41) is 4.46. The van der Waals surface area contributed by atoms with Crippen molar-refractivity contribution in [2.45, 2.75) is 33.0 Å². The van der Waals surface area contributed by atoms with Crippen LogP contribution in [0.1, 0.15) is 36.7 Å². The molecule has 0 radical (unpaired) electrons. The van der Waals surface area contributed by atoms with Gasteiger partial charge in [-0.25, -0.2) is 0 Å². The summed E-state index contributed by atoms with van der Waals surface area (Å²) >= 11 is 0. The molecule has 0 aliphatic carbocycles. The van der Waals surface area contributed by atoms with Crippen LogP contribution in [0.5, 0.6) is 0 Å². The van der Waals surface area contributed by atoms with Crippen LogP contribution in [-0.4, -0.2) is 11.9 Å². The lowest BCUT2D eigenvalue weighted by atomic mass is 9.93. The molecule has 140 valence electrons. The van der Waals surface area contributed by atoms with Gasteiger partial charge in [0.2, 0.25) is 0 Å². The molecule has 0 saturated heterocycles. The Bertz CT molecular complexity index is 1060. The van der Waals surface area contributed by atoms with E-state index in [1.54, 1.807) is 24.3 Å². The Hall–Kier alpha value is -2.82. The third-order valence-electron chi connectivity index (χ3n) is 4.35. The van der Waals surface area contributed by atoms with Crippen molar-refractivity contribution in [1.29, 1.82) is 0 Å². The summed E-state index contributed by atoms with van der Waals surface area (Å²) in [6.45, 7) is 5.66. The number of halogens is 3. The average Bonchev–Trinajstić information content (AvgIpc) is 2.61. The lowest BCUT2D eigenvalue weighted by Gasteiger charge is -2.13. The first-order valence-electron chi connectivity index (χ1n) is 9.10. The van der Waals surface area contributed by atoms with Gasteiger partial charge in [-0.15, -0.1) is 0 Å². The summed E-state index contributed by atoms with van der Waals surface area (Å²) in [6, 6.07) is 11.9. The van der Waals surface area contributed by atoms with Crippen LogP contribution < -0.4 is 5.32 Å². The maximum atomic E-state index is 12.9. The normalized spacial score (nSPS) is 12.3. The maximum Gasteiger partial charge on any atom is 0.416 e. The zero-order chi connectivity index (χ0) is 20.6. The lowest BCUT2D eigenvalue weighted by Crippen LogP contribution is -2.29. The Labute approximate surface area is 157 Å². The van der Waals surface area contributed by atoms with Gasteiger partial charge in [-0.2, -0.15) is 13.2 Å². The molecule has 0 bridgehead atoms.